The summed E-state index contributed by atoms with van der Waals surface area (Å²) in [6.45, 7) is 1.90. The molecule has 2 aromatic rings. The Morgan fingerprint density at radius 3 is 2.70 bits per heavy atom. The number of fused-ring (bicyclic) bond motifs is 1. The maximum atomic E-state index is 12.2. The first kappa shape index (κ1) is 15.4. The highest BCUT2D eigenvalue weighted by atomic mass is 35.5. The molecule has 3 rings (SSSR count). The lowest BCUT2D eigenvalue weighted by molar-refractivity contribution is -0.122. The van der Waals surface area contributed by atoms with Gasteiger partial charge in [0.05, 0.1) is 17.8 Å². The largest absolute Gasteiger partial charge is 0.372 e. The Bertz CT molecular complexity index is 756. The van der Waals surface area contributed by atoms with Crippen molar-refractivity contribution in [3.8, 4) is 0 Å². The number of para-hydroxylation sites is 2. The molecule has 0 saturated heterocycles. The number of benzene rings is 2. The summed E-state index contributed by atoms with van der Waals surface area (Å²) < 4.78 is 0. The monoisotopic (exact) mass is 329 g/mol. The molecule has 0 aromatic heterocycles. The molecule has 2 amide bonds. The first-order chi connectivity index (χ1) is 11.0. The number of aryl methyl sites for hydroxylation is 1. The number of halogens is 1. The zero-order valence-corrected chi connectivity index (χ0v) is 13.3. The van der Waals surface area contributed by atoms with Crippen LogP contribution in [0.2, 0.25) is 5.02 Å². The summed E-state index contributed by atoms with van der Waals surface area (Å²) in [5.41, 5.74) is 3.11. The summed E-state index contributed by atoms with van der Waals surface area (Å²) in [5, 5.41) is 9.21. The average Bonchev–Trinajstić information content (AvgIpc) is 2.46. The molecule has 0 saturated carbocycles. The highest BCUT2D eigenvalue weighted by Crippen LogP contribution is 2.27. The average molecular weight is 330 g/mol. The second-order valence-electron chi connectivity index (χ2n) is 5.50. The van der Waals surface area contributed by atoms with Crippen LogP contribution in [-0.4, -0.2) is 17.9 Å². The fraction of sp³-hybridized carbons (Fsp3) is 0.176. The molecule has 1 atom stereocenters. The van der Waals surface area contributed by atoms with Gasteiger partial charge in [0.15, 0.2) is 0 Å². The standard InChI is InChI=1S/C17H16ClN3O2/c1-10-6-11(18)8-12(7-10)19-16(22)9-15-17(23)21-14-5-3-2-4-13(14)20-15/h2-8,15,20H,9H2,1H3,(H,19,22)(H,21,23)/t15-/m1/s1. The molecule has 6 heteroatoms. The molecule has 0 unspecified atom stereocenters. The van der Waals surface area contributed by atoms with Gasteiger partial charge >= 0.3 is 0 Å². The fourth-order valence-electron chi connectivity index (χ4n) is 2.54. The van der Waals surface area contributed by atoms with E-state index in [-0.39, 0.29) is 18.2 Å². The lowest BCUT2D eigenvalue weighted by Gasteiger charge is -2.26. The van der Waals surface area contributed by atoms with Crippen molar-refractivity contribution in [1.82, 2.24) is 0 Å². The molecule has 1 aliphatic heterocycles. The van der Waals surface area contributed by atoms with Gasteiger partial charge in [-0.2, -0.15) is 0 Å². The third kappa shape index (κ3) is 3.63. The van der Waals surface area contributed by atoms with Crippen LogP contribution in [0.25, 0.3) is 0 Å². The molecule has 0 radical (unpaired) electrons. The summed E-state index contributed by atoms with van der Waals surface area (Å²) in [5.74, 6) is -0.472. The number of anilines is 3. The Morgan fingerprint density at radius 1 is 1.22 bits per heavy atom. The van der Waals surface area contributed by atoms with Crippen LogP contribution in [0.1, 0.15) is 12.0 Å². The predicted octanol–water partition coefficient (Wildman–Crippen LogP) is 3.41. The van der Waals surface area contributed by atoms with Crippen molar-refractivity contribution in [1.29, 1.82) is 0 Å². The minimum absolute atomic E-state index is 0.0335. The van der Waals surface area contributed by atoms with E-state index in [0.717, 1.165) is 16.9 Å². The van der Waals surface area contributed by atoms with Crippen molar-refractivity contribution < 1.29 is 9.59 Å². The molecule has 23 heavy (non-hydrogen) atoms. The zero-order chi connectivity index (χ0) is 16.4. The number of carbonyl (C=O) groups is 2. The summed E-state index contributed by atoms with van der Waals surface area (Å²) in [6, 6.07) is 12.1. The number of nitrogens with one attached hydrogen (secondary N) is 3. The molecule has 0 aliphatic carbocycles. The van der Waals surface area contributed by atoms with Crippen LogP contribution >= 0.6 is 11.6 Å². The lowest BCUT2D eigenvalue weighted by atomic mass is 10.1. The van der Waals surface area contributed by atoms with Gasteiger partial charge in [0.1, 0.15) is 6.04 Å². The third-order valence-corrected chi connectivity index (χ3v) is 3.76. The quantitative estimate of drug-likeness (QED) is 0.808. The first-order valence-corrected chi connectivity index (χ1v) is 7.62. The predicted molar refractivity (Wildman–Crippen MR) is 91.9 cm³/mol. The molecule has 1 aliphatic rings. The van der Waals surface area contributed by atoms with Crippen LogP contribution in [0.15, 0.2) is 42.5 Å². The number of amides is 2. The molecule has 5 nitrogen and oxygen atoms in total. The molecule has 0 spiro atoms. The lowest BCUT2D eigenvalue weighted by Crippen LogP contribution is -2.41. The van der Waals surface area contributed by atoms with Crippen LogP contribution in [-0.2, 0) is 9.59 Å². The van der Waals surface area contributed by atoms with E-state index < -0.39 is 6.04 Å². The van der Waals surface area contributed by atoms with Crippen LogP contribution in [0, 0.1) is 6.92 Å². The normalized spacial score (nSPS) is 16.1. The zero-order valence-electron chi connectivity index (χ0n) is 12.5. The van der Waals surface area contributed by atoms with Gasteiger partial charge in [0.25, 0.3) is 0 Å². The number of hydrogen-bond acceptors (Lipinski definition) is 3. The molecule has 118 valence electrons. The Balaban J connectivity index is 1.67. The van der Waals surface area contributed by atoms with Crippen molar-refractivity contribution >= 4 is 40.5 Å². The summed E-state index contributed by atoms with van der Waals surface area (Å²) >= 11 is 5.98. The number of hydrogen-bond donors (Lipinski definition) is 3. The summed E-state index contributed by atoms with van der Waals surface area (Å²) in [7, 11) is 0. The van der Waals surface area contributed by atoms with E-state index in [9.17, 15) is 9.59 Å². The minimum atomic E-state index is -0.606. The highest BCUT2D eigenvalue weighted by molar-refractivity contribution is 6.31. The number of rotatable bonds is 3. The van der Waals surface area contributed by atoms with Crippen molar-refractivity contribution in [2.24, 2.45) is 0 Å². The second kappa shape index (κ2) is 6.30. The van der Waals surface area contributed by atoms with Crippen LogP contribution in [0.3, 0.4) is 0 Å². The van der Waals surface area contributed by atoms with Crippen LogP contribution in [0.4, 0.5) is 17.1 Å². The smallest absolute Gasteiger partial charge is 0.247 e. The first-order valence-electron chi connectivity index (χ1n) is 7.25. The topological polar surface area (TPSA) is 70.2 Å². The summed E-state index contributed by atoms with van der Waals surface area (Å²) in [6.07, 6.45) is 0.0335. The van der Waals surface area contributed by atoms with Gasteiger partial charge in [-0.1, -0.05) is 23.7 Å². The Labute approximate surface area is 139 Å². The Kier molecular flexibility index (Phi) is 4.21. The van der Waals surface area contributed by atoms with Gasteiger partial charge in [0.2, 0.25) is 11.8 Å². The minimum Gasteiger partial charge on any atom is -0.372 e. The molecular formula is C17H16ClN3O2. The van der Waals surface area contributed by atoms with Gasteiger partial charge in [-0.3, -0.25) is 9.59 Å². The molecule has 1 heterocycles. The SMILES string of the molecule is Cc1cc(Cl)cc(NC(=O)C[C@H]2Nc3ccccc3NC2=O)c1. The van der Waals surface area contributed by atoms with E-state index in [0.29, 0.717) is 10.7 Å². The van der Waals surface area contributed by atoms with Gasteiger partial charge in [-0.25, -0.2) is 0 Å². The van der Waals surface area contributed by atoms with E-state index in [1.54, 1.807) is 6.07 Å². The maximum Gasteiger partial charge on any atom is 0.247 e. The van der Waals surface area contributed by atoms with Gasteiger partial charge in [-0.05, 0) is 42.8 Å². The van der Waals surface area contributed by atoms with Crippen molar-refractivity contribution in [2.45, 2.75) is 19.4 Å². The maximum absolute atomic E-state index is 12.2. The highest BCUT2D eigenvalue weighted by Gasteiger charge is 2.27. The molecule has 2 aromatic carbocycles. The van der Waals surface area contributed by atoms with Gasteiger partial charge in [-0.15, -0.1) is 0 Å². The Hall–Kier alpha value is -2.53. The van der Waals surface area contributed by atoms with E-state index in [2.05, 4.69) is 16.0 Å². The van der Waals surface area contributed by atoms with Crippen molar-refractivity contribution in [3.05, 3.63) is 53.1 Å². The van der Waals surface area contributed by atoms with Gasteiger partial charge < -0.3 is 16.0 Å². The fourth-order valence-corrected chi connectivity index (χ4v) is 2.83. The van der Waals surface area contributed by atoms with Gasteiger partial charge in [0, 0.05) is 10.7 Å². The summed E-state index contributed by atoms with van der Waals surface area (Å²) in [4.78, 5) is 24.3. The molecule has 3 N–H and O–H groups in total. The van der Waals surface area contributed by atoms with Crippen molar-refractivity contribution in [3.63, 3.8) is 0 Å². The second-order valence-corrected chi connectivity index (χ2v) is 5.94. The van der Waals surface area contributed by atoms with E-state index >= 15 is 0 Å². The van der Waals surface area contributed by atoms with E-state index in [1.807, 2.05) is 43.3 Å². The van der Waals surface area contributed by atoms with E-state index in [4.69, 9.17) is 11.6 Å². The van der Waals surface area contributed by atoms with Crippen molar-refractivity contribution in [2.75, 3.05) is 16.0 Å². The van der Waals surface area contributed by atoms with E-state index in [1.165, 1.54) is 0 Å². The molecular weight excluding hydrogens is 314 g/mol. The Morgan fingerprint density at radius 2 is 1.96 bits per heavy atom. The molecule has 0 fully saturated rings. The molecule has 0 bridgehead atoms. The third-order valence-electron chi connectivity index (χ3n) is 3.55. The van der Waals surface area contributed by atoms with Crippen LogP contribution < -0.4 is 16.0 Å². The van der Waals surface area contributed by atoms with Crippen LogP contribution in [0.5, 0.6) is 0 Å². The number of carbonyl (C=O) groups excluding carboxylic acids is 2.